The van der Waals surface area contributed by atoms with E-state index in [1.165, 1.54) is 17.5 Å². The SMILES string of the molecule is CCN(c1cc(Nc2cc(C)cc(C)c2)ncn1)C1CCS(=O)(=O)C1. The van der Waals surface area contributed by atoms with Crippen molar-refractivity contribution < 1.29 is 8.42 Å². The lowest BCUT2D eigenvalue weighted by atomic mass is 10.1. The average molecular weight is 360 g/mol. The van der Waals surface area contributed by atoms with E-state index in [4.69, 9.17) is 0 Å². The minimum absolute atomic E-state index is 0.0148. The van der Waals surface area contributed by atoms with Crippen LogP contribution in [0.2, 0.25) is 0 Å². The van der Waals surface area contributed by atoms with Gasteiger partial charge in [-0.3, -0.25) is 0 Å². The highest BCUT2D eigenvalue weighted by Gasteiger charge is 2.32. The third-order valence-corrected chi connectivity index (χ3v) is 6.18. The lowest BCUT2D eigenvalue weighted by Crippen LogP contribution is -2.36. The molecule has 2 heterocycles. The Morgan fingerprint density at radius 1 is 1.16 bits per heavy atom. The lowest BCUT2D eigenvalue weighted by Gasteiger charge is -2.28. The molecule has 1 N–H and O–H groups in total. The lowest BCUT2D eigenvalue weighted by molar-refractivity contribution is 0.599. The molecule has 25 heavy (non-hydrogen) atoms. The summed E-state index contributed by atoms with van der Waals surface area (Å²) < 4.78 is 23.6. The quantitative estimate of drug-likeness (QED) is 0.884. The van der Waals surface area contributed by atoms with Gasteiger partial charge in [0.15, 0.2) is 9.84 Å². The first-order chi connectivity index (χ1) is 11.9. The number of nitrogens with zero attached hydrogens (tertiary/aromatic N) is 3. The molecule has 1 unspecified atom stereocenters. The zero-order valence-corrected chi connectivity index (χ0v) is 15.7. The van der Waals surface area contributed by atoms with Gasteiger partial charge in [-0.15, -0.1) is 0 Å². The van der Waals surface area contributed by atoms with Gasteiger partial charge < -0.3 is 10.2 Å². The van der Waals surface area contributed by atoms with E-state index < -0.39 is 9.84 Å². The van der Waals surface area contributed by atoms with Crippen LogP contribution >= 0.6 is 0 Å². The van der Waals surface area contributed by atoms with E-state index in [9.17, 15) is 8.42 Å². The van der Waals surface area contributed by atoms with Crippen LogP contribution in [-0.2, 0) is 9.84 Å². The fourth-order valence-electron chi connectivity index (χ4n) is 3.40. The number of sulfone groups is 1. The minimum atomic E-state index is -2.93. The van der Waals surface area contributed by atoms with E-state index in [1.54, 1.807) is 0 Å². The van der Waals surface area contributed by atoms with Crippen LogP contribution in [0, 0.1) is 13.8 Å². The zero-order chi connectivity index (χ0) is 18.0. The summed E-state index contributed by atoms with van der Waals surface area (Å²) in [7, 11) is -2.93. The number of benzene rings is 1. The van der Waals surface area contributed by atoms with Crippen molar-refractivity contribution in [1.82, 2.24) is 9.97 Å². The number of nitrogens with one attached hydrogen (secondary N) is 1. The van der Waals surface area contributed by atoms with Gasteiger partial charge in [-0.1, -0.05) is 6.07 Å². The molecule has 1 aliphatic rings. The third kappa shape index (κ3) is 4.28. The average Bonchev–Trinajstić information content (AvgIpc) is 2.87. The van der Waals surface area contributed by atoms with Crippen molar-refractivity contribution in [3.63, 3.8) is 0 Å². The second-order valence-electron chi connectivity index (χ2n) is 6.61. The summed E-state index contributed by atoms with van der Waals surface area (Å²) >= 11 is 0. The van der Waals surface area contributed by atoms with E-state index in [0.717, 1.165) is 11.5 Å². The number of hydrogen-bond donors (Lipinski definition) is 1. The number of anilines is 3. The van der Waals surface area contributed by atoms with Crippen LogP contribution in [0.5, 0.6) is 0 Å². The van der Waals surface area contributed by atoms with E-state index in [1.807, 2.05) is 13.0 Å². The fraction of sp³-hybridized carbons (Fsp3) is 0.444. The van der Waals surface area contributed by atoms with Crippen molar-refractivity contribution in [2.24, 2.45) is 0 Å². The maximum atomic E-state index is 11.8. The van der Waals surface area contributed by atoms with Crippen LogP contribution < -0.4 is 10.2 Å². The predicted molar refractivity (Wildman–Crippen MR) is 101 cm³/mol. The van der Waals surface area contributed by atoms with Gasteiger partial charge in [0.1, 0.15) is 18.0 Å². The molecule has 1 aromatic carbocycles. The van der Waals surface area contributed by atoms with Gasteiger partial charge in [0.2, 0.25) is 0 Å². The fourth-order valence-corrected chi connectivity index (χ4v) is 5.13. The Labute approximate surface area is 149 Å². The van der Waals surface area contributed by atoms with Crippen molar-refractivity contribution in [1.29, 1.82) is 0 Å². The Kier molecular flexibility index (Phi) is 4.94. The van der Waals surface area contributed by atoms with E-state index in [2.05, 4.69) is 52.2 Å². The number of rotatable bonds is 5. The van der Waals surface area contributed by atoms with E-state index in [-0.39, 0.29) is 17.5 Å². The maximum absolute atomic E-state index is 11.8. The second kappa shape index (κ2) is 7.00. The highest BCUT2D eigenvalue weighted by Crippen LogP contribution is 2.25. The summed E-state index contributed by atoms with van der Waals surface area (Å²) in [6.07, 6.45) is 2.17. The summed E-state index contributed by atoms with van der Waals surface area (Å²) in [5.74, 6) is 1.92. The minimum Gasteiger partial charge on any atom is -0.353 e. The van der Waals surface area contributed by atoms with Crippen LogP contribution in [0.15, 0.2) is 30.6 Å². The molecular weight excluding hydrogens is 336 g/mol. The van der Waals surface area contributed by atoms with Crippen LogP contribution in [0.1, 0.15) is 24.5 Å². The van der Waals surface area contributed by atoms with Crippen molar-refractivity contribution in [2.75, 3.05) is 28.3 Å². The van der Waals surface area contributed by atoms with Gasteiger partial charge in [0.25, 0.3) is 0 Å². The summed E-state index contributed by atoms with van der Waals surface area (Å²) in [5, 5.41) is 3.32. The van der Waals surface area contributed by atoms with Crippen molar-refractivity contribution >= 4 is 27.2 Å². The smallest absolute Gasteiger partial charge is 0.152 e. The molecule has 0 spiro atoms. The van der Waals surface area contributed by atoms with Crippen molar-refractivity contribution in [2.45, 2.75) is 33.2 Å². The molecule has 0 saturated carbocycles. The largest absolute Gasteiger partial charge is 0.353 e. The van der Waals surface area contributed by atoms with Crippen LogP contribution in [0.4, 0.5) is 17.3 Å². The summed E-state index contributed by atoms with van der Waals surface area (Å²) in [4.78, 5) is 10.7. The molecule has 6 nitrogen and oxygen atoms in total. The van der Waals surface area contributed by atoms with Gasteiger partial charge in [0.05, 0.1) is 11.5 Å². The van der Waals surface area contributed by atoms with Crippen LogP contribution in [-0.4, -0.2) is 42.5 Å². The number of aryl methyl sites for hydroxylation is 2. The highest BCUT2D eigenvalue weighted by atomic mass is 32.2. The molecular formula is C18H24N4O2S. The van der Waals surface area contributed by atoms with Crippen LogP contribution in [0.3, 0.4) is 0 Å². The first-order valence-electron chi connectivity index (χ1n) is 8.51. The normalized spacial score (nSPS) is 18.9. The van der Waals surface area contributed by atoms with E-state index >= 15 is 0 Å². The molecule has 0 bridgehead atoms. The molecule has 134 valence electrons. The highest BCUT2D eigenvalue weighted by molar-refractivity contribution is 7.91. The third-order valence-electron chi connectivity index (χ3n) is 4.43. The van der Waals surface area contributed by atoms with Gasteiger partial charge >= 0.3 is 0 Å². The van der Waals surface area contributed by atoms with Gasteiger partial charge in [0, 0.05) is 24.3 Å². The molecule has 1 aromatic heterocycles. The Morgan fingerprint density at radius 2 is 1.88 bits per heavy atom. The number of aromatic nitrogens is 2. The molecule has 1 atom stereocenters. The Bertz CT molecular complexity index is 847. The second-order valence-corrected chi connectivity index (χ2v) is 8.83. The maximum Gasteiger partial charge on any atom is 0.152 e. The Hall–Kier alpha value is -2.15. The van der Waals surface area contributed by atoms with Gasteiger partial charge in [-0.25, -0.2) is 18.4 Å². The predicted octanol–water partition coefficient (Wildman–Crippen LogP) is 2.85. The molecule has 0 aliphatic carbocycles. The topological polar surface area (TPSA) is 75.2 Å². The molecule has 1 aliphatic heterocycles. The summed E-state index contributed by atoms with van der Waals surface area (Å²) in [5.41, 5.74) is 3.35. The molecule has 0 amide bonds. The van der Waals surface area contributed by atoms with Crippen molar-refractivity contribution in [3.05, 3.63) is 41.7 Å². The number of hydrogen-bond acceptors (Lipinski definition) is 6. The van der Waals surface area contributed by atoms with Crippen LogP contribution in [0.25, 0.3) is 0 Å². The molecule has 2 aromatic rings. The first-order valence-corrected chi connectivity index (χ1v) is 10.3. The van der Waals surface area contributed by atoms with Gasteiger partial charge in [-0.2, -0.15) is 0 Å². The molecule has 1 saturated heterocycles. The monoisotopic (exact) mass is 360 g/mol. The zero-order valence-electron chi connectivity index (χ0n) is 14.9. The Balaban J connectivity index is 1.82. The molecule has 3 rings (SSSR count). The van der Waals surface area contributed by atoms with E-state index in [0.29, 0.717) is 18.8 Å². The first kappa shape index (κ1) is 17.7. The Morgan fingerprint density at radius 3 is 2.48 bits per heavy atom. The molecule has 7 heteroatoms. The standard InChI is InChI=1S/C18H24N4O2S/c1-4-22(16-5-6-25(23,24)11-16)18-10-17(19-12-20-18)21-15-8-13(2)7-14(3)9-15/h7-10,12,16H,4-6,11H2,1-3H3,(H,19,20,21). The van der Waals surface area contributed by atoms with Crippen molar-refractivity contribution in [3.8, 4) is 0 Å². The summed E-state index contributed by atoms with van der Waals surface area (Å²) in [6, 6.07) is 8.12. The molecule has 0 radical (unpaired) electrons. The van der Waals surface area contributed by atoms with Gasteiger partial charge in [-0.05, 0) is 50.5 Å². The molecule has 1 fully saturated rings. The summed E-state index contributed by atoms with van der Waals surface area (Å²) in [6.45, 7) is 6.84.